The van der Waals surface area contributed by atoms with Gasteiger partial charge in [0, 0.05) is 9.93 Å². The monoisotopic (exact) mass is 221 g/mol. The van der Waals surface area contributed by atoms with Gasteiger partial charge >= 0.3 is 0 Å². The first kappa shape index (κ1) is 11.6. The Morgan fingerprint density at radius 3 is 2.40 bits per heavy atom. The molecule has 0 aromatic heterocycles. The maximum Gasteiger partial charge on any atom is 0.0516 e. The van der Waals surface area contributed by atoms with Crippen LogP contribution in [-0.2, 0) is 0 Å². The van der Waals surface area contributed by atoms with E-state index in [1.807, 2.05) is 38.1 Å². The molecule has 15 heavy (non-hydrogen) atoms. The Bertz CT molecular complexity index is 410. The van der Waals surface area contributed by atoms with Crippen LogP contribution in [0.4, 0.5) is 0 Å². The van der Waals surface area contributed by atoms with E-state index in [4.69, 9.17) is 17.1 Å². The van der Waals surface area contributed by atoms with E-state index in [1.54, 1.807) is 0 Å². The van der Waals surface area contributed by atoms with Gasteiger partial charge in [-0.2, -0.15) is 0 Å². The summed E-state index contributed by atoms with van der Waals surface area (Å²) in [5, 5.41) is 4.29. The Kier molecular flexibility index (Phi) is 4.22. The summed E-state index contributed by atoms with van der Waals surface area (Å²) in [4.78, 5) is 2.77. The van der Waals surface area contributed by atoms with Crippen molar-refractivity contribution in [3.63, 3.8) is 0 Å². The summed E-state index contributed by atoms with van der Waals surface area (Å²) in [6.45, 7) is 4.37. The standard InChI is InChI=1S/C11H12ClN3/c1-8(2)11(7-14-15-13)9-3-5-10(12)6-4-9/h3-6H,7H2,1-2H3. The van der Waals surface area contributed by atoms with Gasteiger partial charge < -0.3 is 0 Å². The zero-order valence-corrected chi connectivity index (χ0v) is 9.49. The smallest absolute Gasteiger partial charge is 0.0516 e. The summed E-state index contributed by atoms with van der Waals surface area (Å²) >= 11 is 5.80. The predicted molar refractivity (Wildman–Crippen MR) is 63.7 cm³/mol. The van der Waals surface area contributed by atoms with Crippen LogP contribution in [0.1, 0.15) is 19.4 Å². The molecule has 1 aromatic rings. The molecule has 4 heteroatoms. The fraction of sp³-hybridized carbons (Fsp3) is 0.273. The van der Waals surface area contributed by atoms with Crippen LogP contribution >= 0.6 is 11.6 Å². The van der Waals surface area contributed by atoms with Gasteiger partial charge in [-0.1, -0.05) is 34.4 Å². The molecule has 0 unspecified atom stereocenters. The second kappa shape index (κ2) is 5.44. The van der Waals surface area contributed by atoms with Gasteiger partial charge in [-0.25, -0.2) is 0 Å². The molecule has 3 nitrogen and oxygen atoms in total. The number of rotatable bonds is 3. The maximum absolute atomic E-state index is 8.30. The molecule has 0 heterocycles. The van der Waals surface area contributed by atoms with Gasteiger partial charge in [-0.15, -0.1) is 0 Å². The summed E-state index contributed by atoms with van der Waals surface area (Å²) in [7, 11) is 0. The molecular weight excluding hydrogens is 210 g/mol. The van der Waals surface area contributed by atoms with E-state index in [1.165, 1.54) is 0 Å². The van der Waals surface area contributed by atoms with Crippen LogP contribution in [0.15, 0.2) is 35.0 Å². The zero-order chi connectivity index (χ0) is 11.3. The SMILES string of the molecule is CC(C)=C(CN=[N+]=[N-])c1ccc(Cl)cc1. The van der Waals surface area contributed by atoms with E-state index in [-0.39, 0.29) is 0 Å². The third-order valence-electron chi connectivity index (χ3n) is 2.09. The highest BCUT2D eigenvalue weighted by atomic mass is 35.5. The summed E-state index contributed by atoms with van der Waals surface area (Å²) in [5.74, 6) is 0. The zero-order valence-electron chi connectivity index (χ0n) is 8.74. The quantitative estimate of drug-likeness (QED) is 0.412. The molecular formula is C11H12ClN3. The molecule has 0 radical (unpaired) electrons. The molecule has 1 rings (SSSR count). The molecule has 1 aromatic carbocycles. The fourth-order valence-corrected chi connectivity index (χ4v) is 1.42. The van der Waals surface area contributed by atoms with Crippen molar-refractivity contribution in [2.75, 3.05) is 6.54 Å². The topological polar surface area (TPSA) is 48.8 Å². The molecule has 0 spiro atoms. The average Bonchev–Trinajstić information content (AvgIpc) is 2.21. The summed E-state index contributed by atoms with van der Waals surface area (Å²) in [6, 6.07) is 7.51. The van der Waals surface area contributed by atoms with Crippen LogP contribution in [0.5, 0.6) is 0 Å². The largest absolute Gasteiger partial charge is 0.0893 e. The van der Waals surface area contributed by atoms with Gasteiger partial charge in [-0.05, 0) is 42.6 Å². The Labute approximate surface area is 94.0 Å². The van der Waals surface area contributed by atoms with Gasteiger partial charge in [0.05, 0.1) is 6.54 Å². The van der Waals surface area contributed by atoms with Crippen molar-refractivity contribution in [2.45, 2.75) is 13.8 Å². The van der Waals surface area contributed by atoms with Crippen LogP contribution in [0, 0.1) is 0 Å². The third-order valence-corrected chi connectivity index (χ3v) is 2.34. The minimum Gasteiger partial charge on any atom is -0.0893 e. The maximum atomic E-state index is 8.30. The first-order chi connectivity index (χ1) is 7.15. The highest BCUT2D eigenvalue weighted by Gasteiger charge is 2.02. The minimum atomic E-state index is 0.375. The van der Waals surface area contributed by atoms with Crippen molar-refractivity contribution >= 4 is 17.2 Å². The van der Waals surface area contributed by atoms with Crippen molar-refractivity contribution in [2.24, 2.45) is 5.11 Å². The van der Waals surface area contributed by atoms with Gasteiger partial charge in [-0.3, -0.25) is 0 Å². The van der Waals surface area contributed by atoms with Crippen molar-refractivity contribution in [3.05, 3.63) is 50.9 Å². The molecule has 0 N–H and O–H groups in total. The number of hydrogen-bond donors (Lipinski definition) is 0. The van der Waals surface area contributed by atoms with Gasteiger partial charge in [0.25, 0.3) is 0 Å². The van der Waals surface area contributed by atoms with Crippen molar-refractivity contribution in [3.8, 4) is 0 Å². The number of azide groups is 1. The first-order valence-corrected chi connectivity index (χ1v) is 4.96. The van der Waals surface area contributed by atoms with Gasteiger partial charge in [0.15, 0.2) is 0 Å². The van der Waals surface area contributed by atoms with E-state index in [2.05, 4.69) is 10.0 Å². The van der Waals surface area contributed by atoms with Crippen molar-refractivity contribution in [1.82, 2.24) is 0 Å². The number of nitrogens with zero attached hydrogens (tertiary/aromatic N) is 3. The second-order valence-corrected chi connectivity index (χ2v) is 3.81. The number of benzene rings is 1. The Morgan fingerprint density at radius 2 is 1.93 bits per heavy atom. The number of hydrogen-bond acceptors (Lipinski definition) is 1. The van der Waals surface area contributed by atoms with Gasteiger partial charge in [0.2, 0.25) is 0 Å². The van der Waals surface area contributed by atoms with Crippen molar-refractivity contribution < 1.29 is 0 Å². The van der Waals surface area contributed by atoms with E-state index >= 15 is 0 Å². The second-order valence-electron chi connectivity index (χ2n) is 3.37. The lowest BCUT2D eigenvalue weighted by atomic mass is 10.0. The fourth-order valence-electron chi connectivity index (χ4n) is 1.29. The van der Waals surface area contributed by atoms with Crippen LogP contribution in [0.25, 0.3) is 16.0 Å². The molecule has 78 valence electrons. The Morgan fingerprint density at radius 1 is 1.33 bits per heavy atom. The average molecular weight is 222 g/mol. The molecule has 0 bridgehead atoms. The Balaban J connectivity index is 3.06. The van der Waals surface area contributed by atoms with E-state index in [0.29, 0.717) is 11.6 Å². The van der Waals surface area contributed by atoms with E-state index in [9.17, 15) is 0 Å². The van der Waals surface area contributed by atoms with Crippen LogP contribution in [-0.4, -0.2) is 6.54 Å². The first-order valence-electron chi connectivity index (χ1n) is 4.58. The lowest BCUT2D eigenvalue weighted by Gasteiger charge is -2.07. The summed E-state index contributed by atoms with van der Waals surface area (Å²) in [6.07, 6.45) is 0. The highest BCUT2D eigenvalue weighted by molar-refractivity contribution is 6.30. The molecule has 0 amide bonds. The highest BCUT2D eigenvalue weighted by Crippen LogP contribution is 2.21. The lowest BCUT2D eigenvalue weighted by Crippen LogP contribution is -1.90. The Hall–Kier alpha value is -1.44. The van der Waals surface area contributed by atoms with Crippen LogP contribution in [0.2, 0.25) is 5.02 Å². The minimum absolute atomic E-state index is 0.375. The molecule has 0 aliphatic carbocycles. The van der Waals surface area contributed by atoms with E-state index < -0.39 is 0 Å². The lowest BCUT2D eigenvalue weighted by molar-refractivity contribution is 1.19. The summed E-state index contributed by atoms with van der Waals surface area (Å²) in [5.41, 5.74) is 11.5. The molecule has 0 atom stereocenters. The summed E-state index contributed by atoms with van der Waals surface area (Å²) < 4.78 is 0. The molecule has 0 saturated heterocycles. The van der Waals surface area contributed by atoms with Crippen LogP contribution < -0.4 is 0 Å². The number of halogens is 1. The van der Waals surface area contributed by atoms with Gasteiger partial charge in [0.1, 0.15) is 0 Å². The van der Waals surface area contributed by atoms with Crippen LogP contribution in [0.3, 0.4) is 0 Å². The normalized spacial score (nSPS) is 9.27. The van der Waals surface area contributed by atoms with E-state index in [0.717, 1.165) is 16.7 Å². The third kappa shape index (κ3) is 3.31. The molecule has 0 fully saturated rings. The predicted octanol–water partition coefficient (Wildman–Crippen LogP) is 4.44. The molecule has 0 aliphatic rings. The molecule has 0 aliphatic heterocycles. The number of allylic oxidation sites excluding steroid dienone is 1. The van der Waals surface area contributed by atoms with Crippen molar-refractivity contribution in [1.29, 1.82) is 0 Å². The molecule has 0 saturated carbocycles.